The van der Waals surface area contributed by atoms with Crippen molar-refractivity contribution in [3.8, 4) is 11.5 Å². The van der Waals surface area contributed by atoms with Crippen molar-refractivity contribution < 1.29 is 9.47 Å². The van der Waals surface area contributed by atoms with E-state index in [0.717, 1.165) is 28.3 Å². The summed E-state index contributed by atoms with van der Waals surface area (Å²) in [5, 5.41) is 0. The minimum absolute atomic E-state index is 0.284. The fraction of sp³-hybridized carbons (Fsp3) is 0.294. The molecule has 104 valence electrons. The van der Waals surface area contributed by atoms with Gasteiger partial charge in [-0.2, -0.15) is 0 Å². The van der Waals surface area contributed by atoms with Gasteiger partial charge in [-0.15, -0.1) is 0 Å². The lowest BCUT2D eigenvalue weighted by Crippen LogP contribution is -2.13. The molecule has 20 heavy (non-hydrogen) atoms. The van der Waals surface area contributed by atoms with Crippen molar-refractivity contribution in [2.24, 2.45) is 0 Å². The summed E-state index contributed by atoms with van der Waals surface area (Å²) in [4.78, 5) is 0. The van der Waals surface area contributed by atoms with Crippen LogP contribution in [-0.2, 0) is 0 Å². The fourth-order valence-electron chi connectivity index (χ4n) is 2.62. The molecule has 0 saturated carbocycles. The number of fused-ring (bicyclic) bond motifs is 1. The lowest BCUT2D eigenvalue weighted by atomic mass is 10.0. The predicted molar refractivity (Wildman–Crippen MR) is 80.5 cm³/mol. The Kier molecular flexibility index (Phi) is 3.26. The summed E-state index contributed by atoms with van der Waals surface area (Å²) in [5.41, 5.74) is 10.1. The minimum atomic E-state index is 0.284. The molecule has 3 heteroatoms. The second kappa shape index (κ2) is 5.08. The molecule has 3 rings (SSSR count). The Balaban J connectivity index is 1.77. The van der Waals surface area contributed by atoms with Gasteiger partial charge < -0.3 is 15.2 Å². The van der Waals surface area contributed by atoms with Crippen LogP contribution >= 0.6 is 0 Å². The maximum absolute atomic E-state index is 6.03. The van der Waals surface area contributed by atoms with Crippen molar-refractivity contribution in [1.29, 1.82) is 0 Å². The summed E-state index contributed by atoms with van der Waals surface area (Å²) < 4.78 is 11.7. The SMILES string of the molecule is Cc1ccc(N)c(C)c1OCC1COc2ccccc21. The van der Waals surface area contributed by atoms with Gasteiger partial charge in [-0.25, -0.2) is 0 Å². The number of para-hydroxylation sites is 1. The highest BCUT2D eigenvalue weighted by atomic mass is 16.5. The third-order valence-electron chi connectivity index (χ3n) is 3.87. The monoisotopic (exact) mass is 269 g/mol. The molecule has 0 aromatic heterocycles. The Hall–Kier alpha value is -2.16. The summed E-state index contributed by atoms with van der Waals surface area (Å²) in [6, 6.07) is 12.1. The van der Waals surface area contributed by atoms with Gasteiger partial charge in [-0.1, -0.05) is 24.3 Å². The molecule has 1 atom stereocenters. The van der Waals surface area contributed by atoms with Crippen molar-refractivity contribution in [3.05, 3.63) is 53.1 Å². The largest absolute Gasteiger partial charge is 0.493 e. The van der Waals surface area contributed by atoms with Crippen LogP contribution in [-0.4, -0.2) is 13.2 Å². The van der Waals surface area contributed by atoms with Gasteiger partial charge in [-0.3, -0.25) is 0 Å². The topological polar surface area (TPSA) is 44.5 Å². The number of anilines is 1. The highest BCUT2D eigenvalue weighted by Gasteiger charge is 2.24. The molecule has 1 unspecified atom stereocenters. The molecule has 2 N–H and O–H groups in total. The first-order valence-electron chi connectivity index (χ1n) is 6.87. The molecule has 1 aliphatic rings. The Morgan fingerprint density at radius 2 is 2.00 bits per heavy atom. The van der Waals surface area contributed by atoms with Crippen LogP contribution in [0.25, 0.3) is 0 Å². The highest BCUT2D eigenvalue weighted by Crippen LogP contribution is 2.35. The van der Waals surface area contributed by atoms with Crippen LogP contribution in [0, 0.1) is 13.8 Å². The highest BCUT2D eigenvalue weighted by molar-refractivity contribution is 5.56. The van der Waals surface area contributed by atoms with Gasteiger partial charge in [0.25, 0.3) is 0 Å². The van der Waals surface area contributed by atoms with Gasteiger partial charge in [0, 0.05) is 16.8 Å². The summed E-state index contributed by atoms with van der Waals surface area (Å²) in [7, 11) is 0. The third-order valence-corrected chi connectivity index (χ3v) is 3.87. The molecule has 0 saturated heterocycles. The van der Waals surface area contributed by atoms with Crippen molar-refractivity contribution >= 4 is 5.69 Å². The average Bonchev–Trinajstić information content (AvgIpc) is 2.87. The van der Waals surface area contributed by atoms with Crippen molar-refractivity contribution in [2.45, 2.75) is 19.8 Å². The molecule has 2 aromatic rings. The van der Waals surface area contributed by atoms with Gasteiger partial charge in [0.15, 0.2) is 0 Å². The van der Waals surface area contributed by atoms with Crippen molar-refractivity contribution in [1.82, 2.24) is 0 Å². The smallest absolute Gasteiger partial charge is 0.127 e. The number of aryl methyl sites for hydroxylation is 1. The molecule has 1 aliphatic heterocycles. The average molecular weight is 269 g/mol. The Morgan fingerprint density at radius 1 is 1.20 bits per heavy atom. The summed E-state index contributed by atoms with van der Waals surface area (Å²) in [6.07, 6.45) is 0. The van der Waals surface area contributed by atoms with Crippen LogP contribution < -0.4 is 15.2 Å². The number of nitrogen functional groups attached to an aromatic ring is 1. The minimum Gasteiger partial charge on any atom is -0.493 e. The third kappa shape index (κ3) is 2.20. The van der Waals surface area contributed by atoms with Gasteiger partial charge in [0.05, 0.1) is 19.1 Å². The molecule has 0 radical (unpaired) electrons. The van der Waals surface area contributed by atoms with Crippen LogP contribution in [0.2, 0.25) is 0 Å². The normalized spacial score (nSPS) is 16.6. The van der Waals surface area contributed by atoms with Gasteiger partial charge >= 0.3 is 0 Å². The van der Waals surface area contributed by atoms with E-state index in [4.69, 9.17) is 15.2 Å². The first-order chi connectivity index (χ1) is 9.66. The zero-order valence-corrected chi connectivity index (χ0v) is 11.8. The Bertz CT molecular complexity index is 637. The number of hydrogen-bond acceptors (Lipinski definition) is 3. The second-order valence-electron chi connectivity index (χ2n) is 5.28. The maximum atomic E-state index is 6.03. The Morgan fingerprint density at radius 3 is 2.85 bits per heavy atom. The van der Waals surface area contributed by atoms with E-state index < -0.39 is 0 Å². The quantitative estimate of drug-likeness (QED) is 0.868. The van der Waals surface area contributed by atoms with E-state index in [1.165, 1.54) is 5.56 Å². The van der Waals surface area contributed by atoms with Crippen molar-refractivity contribution in [3.63, 3.8) is 0 Å². The first kappa shape index (κ1) is 12.9. The molecule has 0 spiro atoms. The van der Waals surface area contributed by atoms with Crippen LogP contribution in [0.5, 0.6) is 11.5 Å². The van der Waals surface area contributed by atoms with E-state index in [1.807, 2.05) is 44.2 Å². The first-order valence-corrected chi connectivity index (χ1v) is 6.87. The van der Waals surface area contributed by atoms with Gasteiger partial charge in [0.2, 0.25) is 0 Å². The van der Waals surface area contributed by atoms with Gasteiger partial charge in [0.1, 0.15) is 11.5 Å². The van der Waals surface area contributed by atoms with E-state index in [2.05, 4.69) is 6.07 Å². The number of ether oxygens (including phenoxy) is 2. The molecule has 0 amide bonds. The standard InChI is InChI=1S/C17H19NO2/c1-11-7-8-15(18)12(2)17(11)20-10-13-9-19-16-6-4-3-5-14(13)16/h3-8,13H,9-10,18H2,1-2H3. The van der Waals surface area contributed by atoms with Crippen LogP contribution in [0.4, 0.5) is 5.69 Å². The van der Waals surface area contributed by atoms with Crippen molar-refractivity contribution in [2.75, 3.05) is 18.9 Å². The predicted octanol–water partition coefficient (Wildman–Crippen LogP) is 3.44. The Labute approximate surface area is 119 Å². The molecule has 0 bridgehead atoms. The molecule has 2 aromatic carbocycles. The maximum Gasteiger partial charge on any atom is 0.127 e. The zero-order valence-electron chi connectivity index (χ0n) is 11.8. The lowest BCUT2D eigenvalue weighted by molar-refractivity contribution is 0.246. The summed E-state index contributed by atoms with van der Waals surface area (Å²) in [6.45, 7) is 5.33. The fourth-order valence-corrected chi connectivity index (χ4v) is 2.62. The van der Waals surface area contributed by atoms with E-state index in [-0.39, 0.29) is 5.92 Å². The molecular formula is C17H19NO2. The van der Waals surface area contributed by atoms with Crippen LogP contribution in [0.1, 0.15) is 22.6 Å². The molecule has 1 heterocycles. The molecule has 3 nitrogen and oxygen atoms in total. The summed E-state index contributed by atoms with van der Waals surface area (Å²) >= 11 is 0. The van der Waals surface area contributed by atoms with E-state index >= 15 is 0 Å². The van der Waals surface area contributed by atoms with E-state index in [9.17, 15) is 0 Å². The molecule has 0 aliphatic carbocycles. The number of rotatable bonds is 3. The molecule has 0 fully saturated rings. The lowest BCUT2D eigenvalue weighted by Gasteiger charge is -2.16. The van der Waals surface area contributed by atoms with E-state index in [1.54, 1.807) is 0 Å². The zero-order chi connectivity index (χ0) is 14.1. The molecular weight excluding hydrogens is 250 g/mol. The number of hydrogen-bond donors (Lipinski definition) is 1. The summed E-state index contributed by atoms with van der Waals surface area (Å²) in [5.74, 6) is 2.16. The van der Waals surface area contributed by atoms with Crippen LogP contribution in [0.15, 0.2) is 36.4 Å². The van der Waals surface area contributed by atoms with E-state index in [0.29, 0.717) is 13.2 Å². The van der Waals surface area contributed by atoms with Gasteiger partial charge in [-0.05, 0) is 31.5 Å². The number of nitrogens with two attached hydrogens (primary N) is 1. The van der Waals surface area contributed by atoms with Crippen LogP contribution in [0.3, 0.4) is 0 Å². The second-order valence-corrected chi connectivity index (χ2v) is 5.28. The number of benzene rings is 2.